The molecule has 0 saturated carbocycles. The number of nitrogens with zero attached hydrogens (tertiary/aromatic N) is 1. The molecule has 0 atom stereocenters. The second-order valence-electron chi connectivity index (χ2n) is 6.16. The molecule has 0 rings (SSSR count). The molecule has 3 nitrogen and oxygen atoms in total. The zero-order valence-electron chi connectivity index (χ0n) is 15.3. The van der Waals surface area contributed by atoms with Crippen molar-refractivity contribution in [2.75, 3.05) is 32.1 Å². The molecule has 0 spiro atoms. The monoisotopic (exact) mass is 335 g/mol. The summed E-state index contributed by atoms with van der Waals surface area (Å²) in [6, 6.07) is 0. The fourth-order valence-corrected chi connectivity index (χ4v) is 2.64. The van der Waals surface area contributed by atoms with Gasteiger partial charge in [0.25, 0.3) is 0 Å². The van der Waals surface area contributed by atoms with Crippen LogP contribution < -0.4 is 5.11 Å². The molecule has 0 heterocycles. The van der Waals surface area contributed by atoms with E-state index in [2.05, 4.69) is 39.3 Å². The third kappa shape index (κ3) is 14.6. The zero-order valence-corrected chi connectivity index (χ0v) is 16.1. The van der Waals surface area contributed by atoms with Crippen molar-refractivity contribution in [1.82, 2.24) is 0 Å². The predicted molar refractivity (Wildman–Crippen MR) is 95.1 cm³/mol. The molecule has 0 aliphatic carbocycles. The zero-order chi connectivity index (χ0) is 17.3. The van der Waals surface area contributed by atoms with Gasteiger partial charge in [-0.15, -0.1) is 11.6 Å². The highest BCUT2D eigenvalue weighted by Gasteiger charge is 2.24. The fourth-order valence-electron chi connectivity index (χ4n) is 2.64. The SMILES string of the molecule is CCCC[N+](CCCC)(CCCC)CCCC.O=C([O-])CCl. The van der Waals surface area contributed by atoms with E-state index in [9.17, 15) is 0 Å². The molecular formula is C18H38ClNO2. The first-order valence-electron chi connectivity index (χ1n) is 9.12. The summed E-state index contributed by atoms with van der Waals surface area (Å²) in [5.74, 6) is -1.65. The Morgan fingerprint density at radius 2 is 1.00 bits per heavy atom. The normalized spacial score (nSPS) is 11.0. The Morgan fingerprint density at radius 1 is 0.773 bits per heavy atom. The van der Waals surface area contributed by atoms with Crippen LogP contribution in [0.4, 0.5) is 0 Å². The van der Waals surface area contributed by atoms with E-state index in [0.29, 0.717) is 0 Å². The minimum absolute atomic E-state index is 0.417. The highest BCUT2D eigenvalue weighted by Crippen LogP contribution is 2.16. The average Bonchev–Trinajstić information content (AvgIpc) is 2.54. The number of carbonyl (C=O) groups is 1. The first-order chi connectivity index (χ1) is 10.5. The number of alkyl halides is 1. The molecule has 0 fully saturated rings. The third-order valence-corrected chi connectivity index (χ3v) is 4.27. The summed E-state index contributed by atoms with van der Waals surface area (Å²) in [6.07, 6.45) is 11.1. The molecule has 0 aliphatic rings. The van der Waals surface area contributed by atoms with Gasteiger partial charge in [0.15, 0.2) is 0 Å². The van der Waals surface area contributed by atoms with Gasteiger partial charge in [-0.1, -0.05) is 53.4 Å². The molecular weight excluding hydrogens is 298 g/mol. The van der Waals surface area contributed by atoms with Crippen LogP contribution in [0, 0.1) is 0 Å². The van der Waals surface area contributed by atoms with E-state index in [1.165, 1.54) is 82.0 Å². The standard InChI is InChI=1S/C16H36N.C2H3ClO2/c1-5-9-13-17(14-10-6-2,15-11-7-3)16-12-8-4;3-1-2(4)5/h5-16H2,1-4H3;1H2,(H,4,5)/q+1;/p-1. The second kappa shape index (κ2) is 17.1. The van der Waals surface area contributed by atoms with Crippen LogP contribution in [0.15, 0.2) is 0 Å². The topological polar surface area (TPSA) is 40.1 Å². The largest absolute Gasteiger partial charge is 0.549 e. The number of halogens is 1. The van der Waals surface area contributed by atoms with Crippen molar-refractivity contribution >= 4 is 17.6 Å². The predicted octanol–water partition coefficient (Wildman–Crippen LogP) is 3.98. The van der Waals surface area contributed by atoms with E-state index in [0.717, 1.165) is 0 Å². The Labute approximate surface area is 143 Å². The maximum atomic E-state index is 9.12. The van der Waals surface area contributed by atoms with Crippen LogP contribution >= 0.6 is 11.6 Å². The number of rotatable bonds is 13. The van der Waals surface area contributed by atoms with E-state index in [4.69, 9.17) is 9.90 Å². The highest BCUT2D eigenvalue weighted by atomic mass is 35.5. The molecule has 0 radical (unpaired) electrons. The van der Waals surface area contributed by atoms with Crippen LogP contribution in [0.25, 0.3) is 0 Å². The molecule has 0 unspecified atom stereocenters. The Balaban J connectivity index is 0. The molecule has 0 aromatic rings. The number of hydrogen-bond acceptors (Lipinski definition) is 2. The van der Waals surface area contributed by atoms with Gasteiger partial charge in [0.05, 0.1) is 38.0 Å². The lowest BCUT2D eigenvalue weighted by Crippen LogP contribution is -2.50. The number of hydrogen-bond donors (Lipinski definition) is 0. The summed E-state index contributed by atoms with van der Waals surface area (Å²) >= 11 is 4.67. The van der Waals surface area contributed by atoms with Crippen molar-refractivity contribution in [2.24, 2.45) is 0 Å². The van der Waals surface area contributed by atoms with Gasteiger partial charge in [0.2, 0.25) is 0 Å². The minimum Gasteiger partial charge on any atom is -0.549 e. The van der Waals surface area contributed by atoms with Crippen molar-refractivity contribution < 1.29 is 14.4 Å². The average molecular weight is 336 g/mol. The number of carboxylic acid groups (broad SMARTS) is 1. The molecule has 0 saturated heterocycles. The third-order valence-electron chi connectivity index (χ3n) is 4.05. The van der Waals surface area contributed by atoms with E-state index in [1.807, 2.05) is 0 Å². The summed E-state index contributed by atoms with van der Waals surface area (Å²) in [5, 5.41) is 9.12. The van der Waals surface area contributed by atoms with E-state index < -0.39 is 11.8 Å². The highest BCUT2D eigenvalue weighted by molar-refractivity contribution is 6.25. The summed E-state index contributed by atoms with van der Waals surface area (Å²) in [4.78, 5) is 9.12. The van der Waals surface area contributed by atoms with Gasteiger partial charge in [0.1, 0.15) is 0 Å². The van der Waals surface area contributed by atoms with Crippen molar-refractivity contribution in [3.8, 4) is 0 Å². The Bertz CT molecular complexity index is 210. The number of carboxylic acids is 1. The van der Waals surface area contributed by atoms with Crippen molar-refractivity contribution in [2.45, 2.75) is 79.1 Å². The van der Waals surface area contributed by atoms with Gasteiger partial charge in [0, 0.05) is 0 Å². The Kier molecular flexibility index (Phi) is 18.6. The quantitative estimate of drug-likeness (QED) is 0.377. The van der Waals surface area contributed by atoms with Gasteiger partial charge in [-0.2, -0.15) is 0 Å². The first-order valence-corrected chi connectivity index (χ1v) is 9.66. The molecule has 134 valence electrons. The van der Waals surface area contributed by atoms with Crippen molar-refractivity contribution in [3.63, 3.8) is 0 Å². The van der Waals surface area contributed by atoms with Crippen LogP contribution in [0.2, 0.25) is 0 Å². The van der Waals surface area contributed by atoms with Gasteiger partial charge in [-0.3, -0.25) is 0 Å². The lowest BCUT2D eigenvalue weighted by Gasteiger charge is -2.39. The lowest BCUT2D eigenvalue weighted by molar-refractivity contribution is -0.929. The van der Waals surface area contributed by atoms with Crippen LogP contribution in [0.3, 0.4) is 0 Å². The van der Waals surface area contributed by atoms with E-state index in [1.54, 1.807) is 0 Å². The molecule has 0 aliphatic heterocycles. The summed E-state index contributed by atoms with van der Waals surface area (Å²) in [6.45, 7) is 15.0. The van der Waals surface area contributed by atoms with E-state index in [-0.39, 0.29) is 0 Å². The van der Waals surface area contributed by atoms with Crippen LogP contribution in [0.1, 0.15) is 79.1 Å². The van der Waals surface area contributed by atoms with Gasteiger partial charge >= 0.3 is 0 Å². The summed E-state index contributed by atoms with van der Waals surface area (Å²) in [7, 11) is 0. The van der Waals surface area contributed by atoms with Gasteiger partial charge < -0.3 is 14.4 Å². The number of unbranched alkanes of at least 4 members (excludes halogenated alkanes) is 4. The Hall–Kier alpha value is -0.280. The fraction of sp³-hybridized carbons (Fsp3) is 0.944. The van der Waals surface area contributed by atoms with Crippen molar-refractivity contribution in [1.29, 1.82) is 0 Å². The minimum atomic E-state index is -1.23. The van der Waals surface area contributed by atoms with Crippen molar-refractivity contribution in [3.05, 3.63) is 0 Å². The smallest absolute Gasteiger partial charge is 0.0786 e. The van der Waals surface area contributed by atoms with Crippen LogP contribution in [-0.2, 0) is 4.79 Å². The van der Waals surface area contributed by atoms with Gasteiger partial charge in [-0.05, 0) is 25.7 Å². The molecule has 0 aromatic heterocycles. The molecule has 22 heavy (non-hydrogen) atoms. The molecule has 0 aromatic carbocycles. The molecule has 0 amide bonds. The summed E-state index contributed by atoms with van der Waals surface area (Å²) < 4.78 is 1.42. The van der Waals surface area contributed by atoms with Crippen LogP contribution in [0.5, 0.6) is 0 Å². The van der Waals surface area contributed by atoms with E-state index >= 15 is 0 Å². The molecule has 0 N–H and O–H groups in total. The number of carbonyl (C=O) groups excluding carboxylic acids is 1. The molecule has 0 bridgehead atoms. The second-order valence-corrected chi connectivity index (χ2v) is 6.42. The lowest BCUT2D eigenvalue weighted by atomic mass is 10.1. The number of aliphatic carboxylic acids is 1. The molecule has 4 heteroatoms. The first kappa shape index (κ1) is 24.0. The summed E-state index contributed by atoms with van der Waals surface area (Å²) in [5.41, 5.74) is 0. The maximum Gasteiger partial charge on any atom is 0.0786 e. The maximum absolute atomic E-state index is 9.12. The Morgan fingerprint density at radius 3 is 1.14 bits per heavy atom. The van der Waals surface area contributed by atoms with Crippen LogP contribution in [-0.4, -0.2) is 42.5 Å². The van der Waals surface area contributed by atoms with Gasteiger partial charge in [-0.25, -0.2) is 0 Å². The number of quaternary nitrogens is 1.